The van der Waals surface area contributed by atoms with Gasteiger partial charge in [0.15, 0.2) is 0 Å². The van der Waals surface area contributed by atoms with E-state index in [0.29, 0.717) is 11.3 Å². The number of ether oxygens (including phenoxy) is 1. The molecule has 2 heterocycles. The Labute approximate surface area is 156 Å². The Bertz CT molecular complexity index is 911. The average Bonchev–Trinajstić information content (AvgIpc) is 2.87. The van der Waals surface area contributed by atoms with Crippen molar-refractivity contribution >= 4 is 33.3 Å². The number of rotatable bonds is 5. The molecule has 1 aromatic carbocycles. The molecule has 3 aromatic rings. The van der Waals surface area contributed by atoms with Crippen molar-refractivity contribution in [3.8, 4) is 5.75 Å². The molecular formula is C17H15F3N2O2S2. The normalized spacial score (nSPS) is 13.2. The Balaban J connectivity index is 1.70. The molecule has 0 aliphatic carbocycles. The Morgan fingerprint density at radius 3 is 2.54 bits per heavy atom. The Hall–Kier alpha value is -1.84. The number of alkyl halides is 3. The van der Waals surface area contributed by atoms with Crippen LogP contribution in [0, 0.1) is 13.8 Å². The van der Waals surface area contributed by atoms with E-state index in [9.17, 15) is 18.3 Å². The fourth-order valence-electron chi connectivity index (χ4n) is 2.41. The van der Waals surface area contributed by atoms with Gasteiger partial charge in [0.2, 0.25) is 0 Å². The summed E-state index contributed by atoms with van der Waals surface area (Å²) in [5.74, 6) is 0.00269. The summed E-state index contributed by atoms with van der Waals surface area (Å²) in [5.41, 5.74) is 1.63. The molecule has 0 fully saturated rings. The number of benzene rings is 1. The zero-order chi connectivity index (χ0) is 18.9. The molecule has 0 aliphatic heterocycles. The SMILES string of the molecule is Cc1sc2ncnc(SCC(O)c3ccc(OC(F)(F)F)cc3)c2c1C. The van der Waals surface area contributed by atoms with Crippen LogP contribution in [0.15, 0.2) is 35.6 Å². The van der Waals surface area contributed by atoms with Crippen molar-refractivity contribution in [1.82, 2.24) is 9.97 Å². The van der Waals surface area contributed by atoms with Crippen LogP contribution >= 0.6 is 23.1 Å². The van der Waals surface area contributed by atoms with Gasteiger partial charge in [0.05, 0.1) is 6.10 Å². The van der Waals surface area contributed by atoms with E-state index in [1.165, 1.54) is 47.2 Å². The molecule has 0 radical (unpaired) electrons. The lowest BCUT2D eigenvalue weighted by atomic mass is 10.1. The van der Waals surface area contributed by atoms with Crippen molar-refractivity contribution in [3.63, 3.8) is 0 Å². The van der Waals surface area contributed by atoms with Crippen LogP contribution in [-0.2, 0) is 0 Å². The van der Waals surface area contributed by atoms with Gasteiger partial charge >= 0.3 is 6.36 Å². The molecule has 0 saturated heterocycles. The molecule has 3 rings (SSSR count). The van der Waals surface area contributed by atoms with Crippen LogP contribution in [0.25, 0.3) is 10.2 Å². The van der Waals surface area contributed by atoms with Gasteiger partial charge in [0.25, 0.3) is 0 Å². The van der Waals surface area contributed by atoms with Gasteiger partial charge in [-0.2, -0.15) is 0 Å². The van der Waals surface area contributed by atoms with Crippen molar-refractivity contribution in [2.75, 3.05) is 5.75 Å². The average molecular weight is 400 g/mol. The number of hydrogen-bond acceptors (Lipinski definition) is 6. The monoisotopic (exact) mass is 400 g/mol. The summed E-state index contributed by atoms with van der Waals surface area (Å²) >= 11 is 2.99. The lowest BCUT2D eigenvalue weighted by Crippen LogP contribution is -2.17. The van der Waals surface area contributed by atoms with E-state index in [1.807, 2.05) is 13.8 Å². The minimum absolute atomic E-state index is 0.317. The second kappa shape index (κ2) is 7.42. The van der Waals surface area contributed by atoms with Crippen LogP contribution in [0.2, 0.25) is 0 Å². The lowest BCUT2D eigenvalue weighted by molar-refractivity contribution is -0.274. The molecule has 1 N–H and O–H groups in total. The number of hydrogen-bond donors (Lipinski definition) is 1. The van der Waals surface area contributed by atoms with Crippen molar-refractivity contribution in [2.24, 2.45) is 0 Å². The van der Waals surface area contributed by atoms with E-state index < -0.39 is 12.5 Å². The molecule has 0 amide bonds. The van der Waals surface area contributed by atoms with E-state index in [1.54, 1.807) is 11.3 Å². The summed E-state index contributed by atoms with van der Waals surface area (Å²) in [6.45, 7) is 4.03. The molecule has 1 atom stereocenters. The topological polar surface area (TPSA) is 55.2 Å². The molecule has 138 valence electrons. The third-order valence-corrected chi connectivity index (χ3v) is 5.99. The van der Waals surface area contributed by atoms with Gasteiger partial charge in [0, 0.05) is 16.0 Å². The Kier molecular flexibility index (Phi) is 5.40. The van der Waals surface area contributed by atoms with E-state index in [0.717, 1.165) is 20.8 Å². The van der Waals surface area contributed by atoms with Crippen molar-refractivity contribution in [3.05, 3.63) is 46.6 Å². The van der Waals surface area contributed by atoms with Crippen molar-refractivity contribution < 1.29 is 23.0 Å². The van der Waals surface area contributed by atoms with Gasteiger partial charge in [-0.1, -0.05) is 12.1 Å². The summed E-state index contributed by atoms with van der Waals surface area (Å²) in [7, 11) is 0. The van der Waals surface area contributed by atoms with Crippen LogP contribution in [0.3, 0.4) is 0 Å². The minimum Gasteiger partial charge on any atom is -0.406 e. The van der Waals surface area contributed by atoms with Crippen LogP contribution in [-0.4, -0.2) is 27.2 Å². The molecule has 0 aliphatic rings. The van der Waals surface area contributed by atoms with Gasteiger partial charge in [-0.3, -0.25) is 0 Å². The number of thiophene rings is 1. The number of aliphatic hydroxyl groups excluding tert-OH is 1. The first-order valence-corrected chi connectivity index (χ1v) is 9.42. The number of halogens is 3. The van der Waals surface area contributed by atoms with Gasteiger partial charge in [0.1, 0.15) is 21.9 Å². The number of aromatic nitrogens is 2. The Morgan fingerprint density at radius 2 is 1.88 bits per heavy atom. The molecule has 0 saturated carbocycles. The number of aryl methyl sites for hydroxylation is 2. The Morgan fingerprint density at radius 1 is 1.19 bits per heavy atom. The van der Waals surface area contributed by atoms with E-state index in [4.69, 9.17) is 0 Å². The molecule has 4 nitrogen and oxygen atoms in total. The van der Waals surface area contributed by atoms with Gasteiger partial charge < -0.3 is 9.84 Å². The van der Waals surface area contributed by atoms with Crippen molar-refractivity contribution in [1.29, 1.82) is 0 Å². The zero-order valence-electron chi connectivity index (χ0n) is 13.9. The second-order valence-electron chi connectivity index (χ2n) is 5.59. The highest BCUT2D eigenvalue weighted by Crippen LogP contribution is 2.36. The van der Waals surface area contributed by atoms with Crippen LogP contribution in [0.1, 0.15) is 22.1 Å². The summed E-state index contributed by atoms with van der Waals surface area (Å²) in [5, 5.41) is 12.1. The number of fused-ring (bicyclic) bond motifs is 1. The van der Waals surface area contributed by atoms with E-state index in [2.05, 4.69) is 14.7 Å². The third kappa shape index (κ3) is 4.28. The molecule has 1 unspecified atom stereocenters. The first kappa shape index (κ1) is 18.9. The third-order valence-electron chi connectivity index (χ3n) is 3.81. The largest absolute Gasteiger partial charge is 0.573 e. The number of aliphatic hydroxyl groups is 1. The summed E-state index contributed by atoms with van der Waals surface area (Å²) in [4.78, 5) is 10.6. The van der Waals surface area contributed by atoms with E-state index >= 15 is 0 Å². The van der Waals surface area contributed by atoms with Crippen molar-refractivity contribution in [2.45, 2.75) is 31.3 Å². The second-order valence-corrected chi connectivity index (χ2v) is 7.80. The summed E-state index contributed by atoms with van der Waals surface area (Å²) in [6, 6.07) is 5.21. The first-order valence-electron chi connectivity index (χ1n) is 7.62. The lowest BCUT2D eigenvalue weighted by Gasteiger charge is -2.13. The molecule has 0 spiro atoms. The predicted octanol–water partition coefficient (Wildman–Crippen LogP) is 5.03. The summed E-state index contributed by atoms with van der Waals surface area (Å²) < 4.78 is 40.4. The molecule has 26 heavy (non-hydrogen) atoms. The maximum Gasteiger partial charge on any atom is 0.573 e. The van der Waals surface area contributed by atoms with Gasteiger partial charge in [-0.05, 0) is 37.1 Å². The first-order chi connectivity index (χ1) is 12.2. The molecule has 2 aromatic heterocycles. The fourth-order valence-corrected chi connectivity index (χ4v) is 4.49. The summed E-state index contributed by atoms with van der Waals surface area (Å²) in [6.07, 6.45) is -4.08. The van der Waals surface area contributed by atoms with Crippen LogP contribution in [0.5, 0.6) is 5.75 Å². The molecular weight excluding hydrogens is 385 g/mol. The van der Waals surface area contributed by atoms with Crippen LogP contribution in [0.4, 0.5) is 13.2 Å². The van der Waals surface area contributed by atoms with Gasteiger partial charge in [-0.15, -0.1) is 36.3 Å². The van der Waals surface area contributed by atoms with Gasteiger partial charge in [-0.25, -0.2) is 9.97 Å². The molecule has 0 bridgehead atoms. The highest BCUT2D eigenvalue weighted by Gasteiger charge is 2.31. The fraction of sp³-hybridized carbons (Fsp3) is 0.294. The predicted molar refractivity (Wildman–Crippen MR) is 95.7 cm³/mol. The zero-order valence-corrected chi connectivity index (χ0v) is 15.5. The van der Waals surface area contributed by atoms with E-state index in [-0.39, 0.29) is 5.75 Å². The maximum atomic E-state index is 12.2. The highest BCUT2D eigenvalue weighted by atomic mass is 32.2. The molecule has 9 heteroatoms. The maximum absolute atomic E-state index is 12.2. The number of nitrogens with zero attached hydrogens (tertiary/aromatic N) is 2. The smallest absolute Gasteiger partial charge is 0.406 e. The minimum atomic E-state index is -4.73. The highest BCUT2D eigenvalue weighted by molar-refractivity contribution is 7.99. The number of thioether (sulfide) groups is 1. The van der Waals surface area contributed by atoms with Crippen LogP contribution < -0.4 is 4.74 Å². The standard InChI is InChI=1S/C17H15F3N2O2S2/c1-9-10(2)26-16-14(9)15(21-8-22-16)25-7-13(23)11-3-5-12(6-4-11)24-17(18,19)20/h3-6,8,13,23H,7H2,1-2H3. The quantitative estimate of drug-likeness (QED) is 0.481.